The summed E-state index contributed by atoms with van der Waals surface area (Å²) in [4.78, 5) is 36.7. The lowest BCUT2D eigenvalue weighted by Gasteiger charge is -2.28. The summed E-state index contributed by atoms with van der Waals surface area (Å²) in [5, 5.41) is 0. The van der Waals surface area contributed by atoms with Crippen LogP contribution in [0.1, 0.15) is 24.2 Å². The van der Waals surface area contributed by atoms with Crippen LogP contribution in [0.2, 0.25) is 0 Å². The van der Waals surface area contributed by atoms with Crippen molar-refractivity contribution in [2.75, 3.05) is 11.9 Å². The van der Waals surface area contributed by atoms with E-state index in [1.165, 1.54) is 31.4 Å². The highest BCUT2D eigenvalue weighted by Gasteiger charge is 2.24. The first kappa shape index (κ1) is 16.1. The molecule has 6 nitrogen and oxygen atoms in total. The molecule has 0 amide bonds. The molecular formula is C11H16NO5PS. The van der Waals surface area contributed by atoms with Crippen LogP contribution in [0.3, 0.4) is 0 Å². The summed E-state index contributed by atoms with van der Waals surface area (Å²) in [5.74, 6) is -0.477. The van der Waals surface area contributed by atoms with Crippen LogP contribution in [-0.2, 0) is 21.4 Å². The molecule has 106 valence electrons. The molecule has 0 atom stereocenters. The maximum absolute atomic E-state index is 11.3. The monoisotopic (exact) mass is 305 g/mol. The van der Waals surface area contributed by atoms with Gasteiger partial charge < -0.3 is 14.5 Å². The van der Waals surface area contributed by atoms with Gasteiger partial charge in [0, 0.05) is 0 Å². The predicted octanol–water partition coefficient (Wildman–Crippen LogP) is 1.83. The quantitative estimate of drug-likeness (QED) is 0.488. The topological polar surface area (TPSA) is 79.2 Å². The summed E-state index contributed by atoms with van der Waals surface area (Å²) in [6, 6.07) is 5.98. The summed E-state index contributed by atoms with van der Waals surface area (Å²) in [7, 11) is 1.28. The van der Waals surface area contributed by atoms with Crippen LogP contribution in [0, 0.1) is 0 Å². The van der Waals surface area contributed by atoms with E-state index in [-0.39, 0.29) is 6.10 Å². The van der Waals surface area contributed by atoms with E-state index < -0.39 is 12.6 Å². The lowest BCUT2D eigenvalue weighted by atomic mass is 10.2. The molecule has 0 aliphatic carbocycles. The molecule has 0 bridgehead atoms. The molecule has 1 aromatic rings. The Morgan fingerprint density at radius 2 is 1.84 bits per heavy atom. The molecule has 0 unspecified atom stereocenters. The normalized spacial score (nSPS) is 11.5. The molecule has 0 aromatic heterocycles. The van der Waals surface area contributed by atoms with Gasteiger partial charge in [0.25, 0.3) is 0 Å². The van der Waals surface area contributed by atoms with Crippen molar-refractivity contribution in [1.82, 2.24) is 0 Å². The fraction of sp³-hybridized carbons (Fsp3) is 0.364. The lowest BCUT2D eigenvalue weighted by Crippen LogP contribution is -2.24. The number of esters is 1. The van der Waals surface area contributed by atoms with Crippen LogP contribution in [-0.4, -0.2) is 29.0 Å². The summed E-state index contributed by atoms with van der Waals surface area (Å²) >= 11 is 4.65. The molecule has 1 aromatic carbocycles. The zero-order valence-corrected chi connectivity index (χ0v) is 12.5. The molecule has 1 rings (SSSR count). The van der Waals surface area contributed by atoms with Gasteiger partial charge in [-0.05, 0) is 49.9 Å². The van der Waals surface area contributed by atoms with Gasteiger partial charge in [-0.3, -0.25) is 4.84 Å². The van der Waals surface area contributed by atoms with E-state index in [9.17, 15) is 14.6 Å². The smallest absolute Gasteiger partial charge is 0.337 e. The average molecular weight is 305 g/mol. The van der Waals surface area contributed by atoms with Crippen molar-refractivity contribution in [2.24, 2.45) is 0 Å². The van der Waals surface area contributed by atoms with Crippen LogP contribution in [0.5, 0.6) is 0 Å². The number of carbonyl (C=O) groups excluding carboxylic acids is 1. The second kappa shape index (κ2) is 6.45. The number of methoxy groups -OCH3 is 1. The first-order chi connectivity index (χ1) is 8.75. The second-order valence-corrected chi connectivity index (χ2v) is 6.84. The first-order valence-electron chi connectivity index (χ1n) is 5.47. The Morgan fingerprint density at radius 1 is 1.32 bits per heavy atom. The van der Waals surface area contributed by atoms with E-state index >= 15 is 0 Å². The van der Waals surface area contributed by atoms with Crippen molar-refractivity contribution in [3.8, 4) is 0 Å². The van der Waals surface area contributed by atoms with E-state index in [2.05, 4.69) is 16.5 Å². The number of benzene rings is 1. The number of nitrogens with zero attached hydrogens (tertiary/aromatic N) is 1. The maximum atomic E-state index is 11.3. The third kappa shape index (κ3) is 4.56. The van der Waals surface area contributed by atoms with E-state index in [0.29, 0.717) is 11.3 Å². The van der Waals surface area contributed by atoms with Gasteiger partial charge in [0.05, 0.1) is 24.5 Å². The summed E-state index contributed by atoms with van der Waals surface area (Å²) in [6.07, 6.45) is -0.276. The van der Waals surface area contributed by atoms with Gasteiger partial charge in [0.1, 0.15) is 0 Å². The van der Waals surface area contributed by atoms with Gasteiger partial charge in [-0.25, -0.2) is 4.79 Å². The average Bonchev–Trinajstić information content (AvgIpc) is 2.34. The van der Waals surface area contributed by atoms with Crippen molar-refractivity contribution in [2.45, 2.75) is 20.0 Å². The number of carbonyl (C=O) groups is 1. The molecule has 8 heteroatoms. The molecule has 0 radical (unpaired) electrons. The Morgan fingerprint density at radius 3 is 2.21 bits per heavy atom. The van der Waals surface area contributed by atoms with Gasteiger partial charge in [-0.1, -0.05) is 0 Å². The lowest BCUT2D eigenvalue weighted by molar-refractivity contribution is 0.0600. The molecule has 0 saturated carbocycles. The zero-order chi connectivity index (χ0) is 14.6. The van der Waals surface area contributed by atoms with Crippen molar-refractivity contribution in [3.05, 3.63) is 29.8 Å². The van der Waals surface area contributed by atoms with Crippen LogP contribution in [0.25, 0.3) is 0 Å². The van der Waals surface area contributed by atoms with E-state index in [1.54, 1.807) is 13.8 Å². The zero-order valence-electron chi connectivity index (χ0n) is 10.8. The Kier molecular flexibility index (Phi) is 5.46. The van der Waals surface area contributed by atoms with E-state index in [4.69, 9.17) is 4.84 Å². The molecule has 0 saturated heterocycles. The minimum absolute atomic E-state index is 0.276. The molecule has 0 aliphatic rings. The molecule has 0 spiro atoms. The van der Waals surface area contributed by atoms with E-state index in [0.717, 1.165) is 4.83 Å². The van der Waals surface area contributed by atoms with Gasteiger partial charge in [-0.2, -0.15) is 4.83 Å². The largest absolute Gasteiger partial charge is 0.465 e. The fourth-order valence-corrected chi connectivity index (χ4v) is 2.46. The van der Waals surface area contributed by atoms with E-state index in [1.807, 2.05) is 0 Å². The third-order valence-corrected chi connectivity index (χ3v) is 3.30. The van der Waals surface area contributed by atoms with Crippen molar-refractivity contribution in [1.29, 1.82) is 0 Å². The highest BCUT2D eigenvalue weighted by molar-refractivity contribution is 8.09. The van der Waals surface area contributed by atoms with Gasteiger partial charge in [0.15, 0.2) is 0 Å². The standard InChI is InChI=1S/C11H16NO5PS/c1-8(2)17-12(18(14,15)19)10-6-4-9(5-7-10)11(13)16-3/h4-8H,1-3H3,(H2,14,15,19). The Balaban J connectivity index is 3.04. The van der Waals surface area contributed by atoms with Crippen LogP contribution in [0.15, 0.2) is 24.3 Å². The number of anilines is 1. The summed E-state index contributed by atoms with van der Waals surface area (Å²) in [5.41, 5.74) is 0.703. The van der Waals surface area contributed by atoms with Crippen LogP contribution in [0.4, 0.5) is 5.69 Å². The molecular weight excluding hydrogens is 289 g/mol. The number of hydrogen-bond acceptors (Lipinski definition) is 4. The fourth-order valence-electron chi connectivity index (χ4n) is 1.32. The molecule has 0 heterocycles. The number of rotatable bonds is 5. The highest BCUT2D eigenvalue weighted by atomic mass is 32.5. The Hall–Kier alpha value is -0.980. The van der Waals surface area contributed by atoms with Crippen molar-refractivity contribution >= 4 is 30.1 Å². The van der Waals surface area contributed by atoms with Crippen LogP contribution >= 0.6 is 6.64 Å². The third-order valence-electron chi connectivity index (χ3n) is 2.06. The van der Waals surface area contributed by atoms with Gasteiger partial charge >= 0.3 is 12.6 Å². The SMILES string of the molecule is COC(=O)c1ccc(N(OC(C)C)P(O)(O)=S)cc1. The molecule has 2 N–H and O–H groups in total. The highest BCUT2D eigenvalue weighted by Crippen LogP contribution is 2.44. The summed E-state index contributed by atoms with van der Waals surface area (Å²) < 4.78 is 4.57. The minimum atomic E-state index is -3.77. The first-order valence-corrected chi connectivity index (χ1v) is 8.13. The second-order valence-electron chi connectivity index (χ2n) is 3.98. The summed E-state index contributed by atoms with van der Waals surface area (Å²) in [6.45, 7) is -0.295. The molecule has 0 aliphatic heterocycles. The van der Waals surface area contributed by atoms with Crippen molar-refractivity contribution < 1.29 is 24.2 Å². The molecule has 0 fully saturated rings. The number of hydrogen-bond donors (Lipinski definition) is 2. The van der Waals surface area contributed by atoms with Crippen molar-refractivity contribution in [3.63, 3.8) is 0 Å². The Bertz CT molecular complexity index is 484. The van der Waals surface area contributed by atoms with Gasteiger partial charge in [-0.15, -0.1) is 0 Å². The van der Waals surface area contributed by atoms with Gasteiger partial charge in [0.2, 0.25) is 0 Å². The Labute approximate surface area is 116 Å². The predicted molar refractivity (Wildman–Crippen MR) is 75.2 cm³/mol. The minimum Gasteiger partial charge on any atom is -0.465 e. The molecule has 19 heavy (non-hydrogen) atoms. The number of ether oxygens (including phenoxy) is 1. The maximum Gasteiger partial charge on any atom is 0.337 e. The van der Waals surface area contributed by atoms with Crippen LogP contribution < -0.4 is 4.83 Å².